The van der Waals surface area contributed by atoms with Crippen molar-refractivity contribution in [2.75, 3.05) is 38.3 Å². The van der Waals surface area contributed by atoms with Gasteiger partial charge in [0.15, 0.2) is 6.29 Å². The van der Waals surface area contributed by atoms with E-state index >= 15 is 0 Å². The van der Waals surface area contributed by atoms with Gasteiger partial charge in [-0.2, -0.15) is 0 Å². The first-order chi connectivity index (χ1) is 15.0. The van der Waals surface area contributed by atoms with Crippen LogP contribution in [0.3, 0.4) is 0 Å². The molecule has 0 atom stereocenters. The fourth-order valence-electron chi connectivity index (χ4n) is 3.37. The maximum Gasteiger partial charge on any atom is 0.254 e. The Bertz CT molecular complexity index is 992. The van der Waals surface area contributed by atoms with Crippen molar-refractivity contribution >= 4 is 46.5 Å². The molecule has 0 saturated carbocycles. The van der Waals surface area contributed by atoms with Crippen molar-refractivity contribution in [3.63, 3.8) is 0 Å². The minimum Gasteiger partial charge on any atom is -0.368 e. The number of anilines is 1. The van der Waals surface area contributed by atoms with Crippen LogP contribution < -0.4 is 10.2 Å². The zero-order valence-electron chi connectivity index (χ0n) is 18.0. The number of fused-ring (bicyclic) bond motifs is 1. The summed E-state index contributed by atoms with van der Waals surface area (Å²) in [5.41, 5.74) is 2.02. The molecule has 2 heterocycles. The SMILES string of the molecule is CCOC(CN(C)c1c(C(=O)NCCc2nccs2)cnc2c(S)cccc12)OCC. The van der Waals surface area contributed by atoms with Gasteiger partial charge in [-0.15, -0.1) is 24.0 Å². The number of amides is 1. The van der Waals surface area contributed by atoms with E-state index in [1.165, 1.54) is 0 Å². The number of benzene rings is 1. The second kappa shape index (κ2) is 11.4. The second-order valence-electron chi connectivity index (χ2n) is 6.85. The third-order valence-electron chi connectivity index (χ3n) is 4.71. The van der Waals surface area contributed by atoms with E-state index in [0.717, 1.165) is 26.5 Å². The Hall–Kier alpha value is -2.20. The van der Waals surface area contributed by atoms with Gasteiger partial charge in [0.25, 0.3) is 5.91 Å². The lowest BCUT2D eigenvalue weighted by atomic mass is 10.1. The van der Waals surface area contributed by atoms with Gasteiger partial charge in [-0.05, 0) is 19.9 Å². The first-order valence-corrected chi connectivity index (χ1v) is 11.6. The molecule has 31 heavy (non-hydrogen) atoms. The van der Waals surface area contributed by atoms with Crippen LogP contribution in [0.25, 0.3) is 10.9 Å². The molecule has 0 unspecified atom stereocenters. The Morgan fingerprint density at radius 1 is 1.26 bits per heavy atom. The van der Waals surface area contributed by atoms with Gasteiger partial charge in [0.2, 0.25) is 0 Å². The molecule has 2 aromatic heterocycles. The van der Waals surface area contributed by atoms with E-state index < -0.39 is 6.29 Å². The van der Waals surface area contributed by atoms with Crippen molar-refractivity contribution in [3.05, 3.63) is 46.5 Å². The number of hydrogen-bond donors (Lipinski definition) is 2. The summed E-state index contributed by atoms with van der Waals surface area (Å²) < 4.78 is 11.4. The molecular weight excluding hydrogens is 432 g/mol. The van der Waals surface area contributed by atoms with E-state index in [2.05, 4.69) is 27.9 Å². The van der Waals surface area contributed by atoms with E-state index in [1.54, 1.807) is 23.7 Å². The number of hydrogen-bond acceptors (Lipinski definition) is 8. The molecule has 0 aliphatic rings. The van der Waals surface area contributed by atoms with Crippen molar-refractivity contribution in [2.24, 2.45) is 0 Å². The number of likely N-dealkylation sites (N-methyl/N-ethyl adjacent to an activating group) is 1. The minimum absolute atomic E-state index is 0.179. The number of carbonyl (C=O) groups is 1. The molecule has 0 bridgehead atoms. The molecule has 0 fully saturated rings. The van der Waals surface area contributed by atoms with Gasteiger partial charge in [-0.1, -0.05) is 12.1 Å². The van der Waals surface area contributed by atoms with Crippen molar-refractivity contribution < 1.29 is 14.3 Å². The maximum absolute atomic E-state index is 13.1. The summed E-state index contributed by atoms with van der Waals surface area (Å²) >= 11 is 6.12. The Morgan fingerprint density at radius 3 is 2.71 bits per heavy atom. The van der Waals surface area contributed by atoms with Crippen molar-refractivity contribution in [2.45, 2.75) is 31.5 Å². The molecule has 0 aliphatic carbocycles. The molecule has 0 aliphatic heterocycles. The summed E-state index contributed by atoms with van der Waals surface area (Å²) in [6, 6.07) is 5.76. The molecule has 0 radical (unpaired) electrons. The van der Waals surface area contributed by atoms with Crippen molar-refractivity contribution in [3.8, 4) is 0 Å². The quantitative estimate of drug-likeness (QED) is 0.335. The van der Waals surface area contributed by atoms with Gasteiger partial charge >= 0.3 is 0 Å². The number of nitrogens with zero attached hydrogens (tertiary/aromatic N) is 3. The number of ether oxygens (including phenoxy) is 2. The lowest BCUT2D eigenvalue weighted by molar-refractivity contribution is -0.129. The monoisotopic (exact) mass is 460 g/mol. The summed E-state index contributed by atoms with van der Waals surface area (Å²) in [4.78, 5) is 24.6. The number of thiazole rings is 1. The first-order valence-electron chi connectivity index (χ1n) is 10.3. The summed E-state index contributed by atoms with van der Waals surface area (Å²) in [5, 5.41) is 6.77. The number of rotatable bonds is 11. The number of para-hydroxylation sites is 1. The minimum atomic E-state index is -0.400. The van der Waals surface area contributed by atoms with Crippen molar-refractivity contribution in [1.29, 1.82) is 0 Å². The van der Waals surface area contributed by atoms with E-state index in [9.17, 15) is 4.79 Å². The van der Waals surface area contributed by atoms with Crippen LogP contribution in [0.15, 0.2) is 40.9 Å². The number of nitrogens with one attached hydrogen (secondary N) is 1. The Labute approximate surface area is 192 Å². The van der Waals surface area contributed by atoms with Crippen LogP contribution >= 0.6 is 24.0 Å². The molecule has 9 heteroatoms. The lowest BCUT2D eigenvalue weighted by Gasteiger charge is -2.28. The standard InChI is InChI=1S/C22H28N4O3S2/c1-4-28-19(29-5-2)14-26(3)21-15-7-6-8-17(30)20(15)25-13-16(21)22(27)24-10-9-18-23-11-12-31-18/h6-8,11-13,19,30H,4-5,9-10,14H2,1-3H3,(H,24,27). The van der Waals surface area contributed by atoms with Crippen LogP contribution in [0.2, 0.25) is 0 Å². The predicted molar refractivity (Wildman–Crippen MR) is 127 cm³/mol. The number of pyridine rings is 1. The fraction of sp³-hybridized carbons (Fsp3) is 0.409. The molecule has 7 nitrogen and oxygen atoms in total. The molecule has 1 aromatic carbocycles. The van der Waals surface area contributed by atoms with Gasteiger partial charge in [-0.3, -0.25) is 9.78 Å². The number of carbonyl (C=O) groups excluding carboxylic acids is 1. The Morgan fingerprint density at radius 2 is 2.03 bits per heavy atom. The first kappa shape index (κ1) is 23.5. The third kappa shape index (κ3) is 5.94. The highest BCUT2D eigenvalue weighted by atomic mass is 32.1. The largest absolute Gasteiger partial charge is 0.368 e. The predicted octanol–water partition coefficient (Wildman–Crippen LogP) is 3.79. The topological polar surface area (TPSA) is 76.6 Å². The molecule has 0 saturated heterocycles. The average Bonchev–Trinajstić information content (AvgIpc) is 3.27. The highest BCUT2D eigenvalue weighted by Crippen LogP contribution is 2.32. The van der Waals surface area contributed by atoms with Crippen molar-refractivity contribution in [1.82, 2.24) is 15.3 Å². The zero-order valence-corrected chi connectivity index (χ0v) is 19.7. The van der Waals surface area contributed by atoms with Crippen LogP contribution in [0.4, 0.5) is 5.69 Å². The summed E-state index contributed by atoms with van der Waals surface area (Å²) in [6.45, 7) is 5.92. The normalized spacial score (nSPS) is 11.3. The van der Waals surface area contributed by atoms with E-state index in [-0.39, 0.29) is 5.91 Å². The molecule has 0 spiro atoms. The number of aromatic nitrogens is 2. The summed E-state index contributed by atoms with van der Waals surface area (Å²) in [7, 11) is 1.93. The zero-order chi connectivity index (χ0) is 22.2. The summed E-state index contributed by atoms with van der Waals surface area (Å²) in [6.07, 6.45) is 3.67. The van der Waals surface area contributed by atoms with Crippen LogP contribution in [0.1, 0.15) is 29.2 Å². The van der Waals surface area contributed by atoms with Crippen LogP contribution in [0, 0.1) is 0 Å². The Balaban J connectivity index is 1.90. The van der Waals surface area contributed by atoms with Gasteiger partial charge < -0.3 is 19.7 Å². The lowest BCUT2D eigenvalue weighted by Crippen LogP contribution is -2.35. The van der Waals surface area contributed by atoms with E-state index in [0.29, 0.717) is 38.3 Å². The fourth-order valence-corrected chi connectivity index (χ4v) is 4.25. The Kier molecular flexibility index (Phi) is 8.65. The van der Waals surface area contributed by atoms with Gasteiger partial charge in [0, 0.05) is 61.3 Å². The number of thiol groups is 1. The third-order valence-corrected chi connectivity index (χ3v) is 5.91. The molecule has 1 N–H and O–H groups in total. The highest BCUT2D eigenvalue weighted by molar-refractivity contribution is 7.80. The van der Waals surface area contributed by atoms with E-state index in [1.807, 2.05) is 49.4 Å². The van der Waals surface area contributed by atoms with Crippen LogP contribution in [0.5, 0.6) is 0 Å². The van der Waals surface area contributed by atoms with Gasteiger partial charge in [-0.25, -0.2) is 4.98 Å². The smallest absolute Gasteiger partial charge is 0.254 e. The summed E-state index contributed by atoms with van der Waals surface area (Å²) in [5.74, 6) is -0.179. The van der Waals surface area contributed by atoms with Crippen LogP contribution in [-0.4, -0.2) is 55.5 Å². The van der Waals surface area contributed by atoms with Crippen LogP contribution in [-0.2, 0) is 15.9 Å². The maximum atomic E-state index is 13.1. The highest BCUT2D eigenvalue weighted by Gasteiger charge is 2.22. The molecular formula is C22H28N4O3S2. The molecule has 166 valence electrons. The van der Waals surface area contributed by atoms with Gasteiger partial charge in [0.1, 0.15) is 0 Å². The molecule has 3 aromatic rings. The molecule has 3 rings (SSSR count). The van der Waals surface area contributed by atoms with E-state index in [4.69, 9.17) is 9.47 Å². The van der Waals surface area contributed by atoms with Gasteiger partial charge in [0.05, 0.1) is 28.3 Å². The average molecular weight is 461 g/mol. The second-order valence-corrected chi connectivity index (χ2v) is 8.31. The molecule has 1 amide bonds.